The molecule has 0 saturated carbocycles. The lowest BCUT2D eigenvalue weighted by molar-refractivity contribution is 0.183. The van der Waals surface area contributed by atoms with Gasteiger partial charge in [0.25, 0.3) is 0 Å². The number of benzene rings is 1. The predicted molar refractivity (Wildman–Crippen MR) is 58.9 cm³/mol. The minimum atomic E-state index is -0.387. The molecule has 1 atom stereocenters. The monoisotopic (exact) mass is 261 g/mol. The van der Waals surface area contributed by atoms with Crippen molar-refractivity contribution in [2.45, 2.75) is 19.4 Å². The van der Waals surface area contributed by atoms with Gasteiger partial charge in [-0.3, -0.25) is 0 Å². The Kier molecular flexibility index (Phi) is 4.35. The maximum absolute atomic E-state index is 13.0. The minimum Gasteiger partial charge on any atom is -0.391 e. The normalized spacial score (nSPS) is 12.6. The number of aliphatic hydroxyl groups excluding tert-OH is 1. The van der Waals surface area contributed by atoms with Crippen LogP contribution in [0, 0.1) is 5.82 Å². The second-order valence-corrected chi connectivity index (χ2v) is 3.93. The van der Waals surface area contributed by atoms with E-state index in [4.69, 9.17) is 0 Å². The van der Waals surface area contributed by atoms with E-state index in [-0.39, 0.29) is 11.9 Å². The van der Waals surface area contributed by atoms with Crippen molar-refractivity contribution in [3.8, 4) is 0 Å². The quantitative estimate of drug-likeness (QED) is 0.874. The van der Waals surface area contributed by atoms with Crippen LogP contribution >= 0.6 is 15.9 Å². The molecular weight excluding hydrogens is 249 g/mol. The maximum atomic E-state index is 13.0. The molecule has 0 amide bonds. The Morgan fingerprint density at radius 1 is 1.57 bits per heavy atom. The van der Waals surface area contributed by atoms with Crippen LogP contribution in [-0.2, 0) is 0 Å². The van der Waals surface area contributed by atoms with Gasteiger partial charge in [-0.2, -0.15) is 0 Å². The summed E-state index contributed by atoms with van der Waals surface area (Å²) < 4.78 is 13.5. The Labute approximate surface area is 91.3 Å². The molecule has 1 rings (SSSR count). The lowest BCUT2D eigenvalue weighted by atomic mass is 10.2. The molecule has 1 aromatic rings. The molecule has 4 heteroatoms. The number of nitrogens with one attached hydrogen (secondary N) is 1. The number of rotatable bonds is 4. The third-order valence-electron chi connectivity index (χ3n) is 1.93. The summed E-state index contributed by atoms with van der Waals surface area (Å²) >= 11 is 3.07. The van der Waals surface area contributed by atoms with Gasteiger partial charge in [0.1, 0.15) is 5.82 Å². The Morgan fingerprint density at radius 3 is 2.86 bits per heavy atom. The van der Waals surface area contributed by atoms with E-state index in [0.29, 0.717) is 23.1 Å². The van der Waals surface area contributed by atoms with Gasteiger partial charge in [-0.05, 0) is 40.5 Å². The van der Waals surface area contributed by atoms with Crippen LogP contribution in [0.25, 0.3) is 0 Å². The average Bonchev–Trinajstić information content (AvgIpc) is 2.19. The van der Waals surface area contributed by atoms with Gasteiger partial charge in [0, 0.05) is 12.2 Å². The number of halogens is 2. The fourth-order valence-corrected chi connectivity index (χ4v) is 1.23. The molecule has 14 heavy (non-hydrogen) atoms. The molecule has 0 aromatic heterocycles. The Morgan fingerprint density at radius 2 is 2.29 bits per heavy atom. The second kappa shape index (κ2) is 5.32. The third-order valence-corrected chi connectivity index (χ3v) is 2.58. The first kappa shape index (κ1) is 11.5. The van der Waals surface area contributed by atoms with E-state index in [1.54, 1.807) is 12.1 Å². The summed E-state index contributed by atoms with van der Waals surface area (Å²) in [5.74, 6) is -0.305. The summed E-state index contributed by atoms with van der Waals surface area (Å²) in [6.07, 6.45) is 0.299. The topological polar surface area (TPSA) is 32.3 Å². The Hall–Kier alpha value is -0.610. The van der Waals surface area contributed by atoms with Gasteiger partial charge in [-0.25, -0.2) is 4.39 Å². The van der Waals surface area contributed by atoms with E-state index in [9.17, 15) is 9.50 Å². The van der Waals surface area contributed by atoms with Crippen LogP contribution in [0.15, 0.2) is 22.7 Å². The highest BCUT2D eigenvalue weighted by Gasteiger charge is 2.02. The molecule has 0 aliphatic rings. The van der Waals surface area contributed by atoms with Crippen LogP contribution in [-0.4, -0.2) is 17.8 Å². The van der Waals surface area contributed by atoms with Crippen molar-refractivity contribution >= 4 is 21.6 Å². The van der Waals surface area contributed by atoms with Gasteiger partial charge in [0.05, 0.1) is 10.6 Å². The van der Waals surface area contributed by atoms with Gasteiger partial charge in [0.15, 0.2) is 0 Å². The van der Waals surface area contributed by atoms with Crippen LogP contribution in [0.4, 0.5) is 10.1 Å². The Bertz CT molecular complexity index is 306. The van der Waals surface area contributed by atoms with Crippen LogP contribution in [0.3, 0.4) is 0 Å². The van der Waals surface area contributed by atoms with Crippen molar-refractivity contribution in [2.75, 3.05) is 11.9 Å². The molecule has 2 N–H and O–H groups in total. The molecule has 0 aliphatic carbocycles. The fourth-order valence-electron chi connectivity index (χ4n) is 0.986. The SMILES string of the molecule is CCC(O)CNc1ccc(Br)c(F)c1. The number of hydrogen-bond acceptors (Lipinski definition) is 2. The van der Waals surface area contributed by atoms with Crippen molar-refractivity contribution in [2.24, 2.45) is 0 Å². The molecule has 2 nitrogen and oxygen atoms in total. The molecule has 1 aromatic carbocycles. The van der Waals surface area contributed by atoms with E-state index in [1.807, 2.05) is 6.92 Å². The van der Waals surface area contributed by atoms with Crippen molar-refractivity contribution in [3.63, 3.8) is 0 Å². The number of hydrogen-bond donors (Lipinski definition) is 2. The molecule has 78 valence electrons. The first-order chi connectivity index (χ1) is 6.63. The molecule has 0 bridgehead atoms. The Balaban J connectivity index is 2.55. The minimum absolute atomic E-state index is 0.305. The molecule has 0 heterocycles. The van der Waals surface area contributed by atoms with Gasteiger partial charge >= 0.3 is 0 Å². The van der Waals surface area contributed by atoms with E-state index < -0.39 is 0 Å². The molecule has 0 saturated heterocycles. The molecule has 1 unspecified atom stereocenters. The highest BCUT2D eigenvalue weighted by atomic mass is 79.9. The van der Waals surface area contributed by atoms with Crippen molar-refractivity contribution in [1.29, 1.82) is 0 Å². The lowest BCUT2D eigenvalue weighted by Crippen LogP contribution is -2.18. The van der Waals surface area contributed by atoms with Gasteiger partial charge in [0.2, 0.25) is 0 Å². The summed E-state index contributed by atoms with van der Waals surface area (Å²) in [4.78, 5) is 0. The molecular formula is C10H13BrFNO. The smallest absolute Gasteiger partial charge is 0.139 e. The van der Waals surface area contributed by atoms with Gasteiger partial charge < -0.3 is 10.4 Å². The van der Waals surface area contributed by atoms with E-state index in [0.717, 1.165) is 0 Å². The highest BCUT2D eigenvalue weighted by molar-refractivity contribution is 9.10. The first-order valence-electron chi connectivity index (χ1n) is 4.50. The van der Waals surface area contributed by atoms with Crippen LogP contribution in [0.5, 0.6) is 0 Å². The van der Waals surface area contributed by atoms with E-state index >= 15 is 0 Å². The third kappa shape index (κ3) is 3.27. The van der Waals surface area contributed by atoms with Gasteiger partial charge in [-0.15, -0.1) is 0 Å². The predicted octanol–water partition coefficient (Wildman–Crippen LogP) is 2.77. The zero-order valence-electron chi connectivity index (χ0n) is 7.93. The van der Waals surface area contributed by atoms with Crippen molar-refractivity contribution < 1.29 is 9.50 Å². The van der Waals surface area contributed by atoms with Crippen LogP contribution in [0.2, 0.25) is 0 Å². The average molecular weight is 262 g/mol. The number of anilines is 1. The van der Waals surface area contributed by atoms with E-state index in [1.165, 1.54) is 6.07 Å². The van der Waals surface area contributed by atoms with Gasteiger partial charge in [-0.1, -0.05) is 6.92 Å². The molecule has 0 radical (unpaired) electrons. The summed E-state index contributed by atoms with van der Waals surface area (Å²) in [6.45, 7) is 2.34. The lowest BCUT2D eigenvalue weighted by Gasteiger charge is -2.10. The van der Waals surface area contributed by atoms with E-state index in [2.05, 4.69) is 21.2 Å². The largest absolute Gasteiger partial charge is 0.391 e. The molecule has 0 spiro atoms. The number of aliphatic hydroxyl groups is 1. The summed E-state index contributed by atoms with van der Waals surface area (Å²) in [7, 11) is 0. The summed E-state index contributed by atoms with van der Waals surface area (Å²) in [6, 6.07) is 4.79. The highest BCUT2D eigenvalue weighted by Crippen LogP contribution is 2.19. The standard InChI is InChI=1S/C10H13BrFNO/c1-2-8(14)6-13-7-3-4-9(11)10(12)5-7/h3-5,8,13-14H,2,6H2,1H3. The maximum Gasteiger partial charge on any atom is 0.139 e. The van der Waals surface area contributed by atoms with Crippen LogP contribution in [0.1, 0.15) is 13.3 Å². The molecule has 0 aliphatic heterocycles. The summed E-state index contributed by atoms with van der Waals surface area (Å²) in [5, 5.41) is 12.2. The zero-order valence-corrected chi connectivity index (χ0v) is 9.51. The van der Waals surface area contributed by atoms with Crippen LogP contribution < -0.4 is 5.32 Å². The molecule has 0 fully saturated rings. The zero-order chi connectivity index (χ0) is 10.6. The van der Waals surface area contributed by atoms with Crippen molar-refractivity contribution in [1.82, 2.24) is 0 Å². The fraction of sp³-hybridized carbons (Fsp3) is 0.400. The second-order valence-electron chi connectivity index (χ2n) is 3.07. The summed E-state index contributed by atoms with van der Waals surface area (Å²) in [5.41, 5.74) is 0.679. The van der Waals surface area contributed by atoms with Crippen molar-refractivity contribution in [3.05, 3.63) is 28.5 Å². The first-order valence-corrected chi connectivity index (χ1v) is 5.29.